The zero-order valence-electron chi connectivity index (χ0n) is 11.5. The third-order valence-corrected chi connectivity index (χ3v) is 5.10. The van der Waals surface area contributed by atoms with Gasteiger partial charge in [-0.05, 0) is 65.4 Å². The third-order valence-electron chi connectivity index (χ3n) is 4.11. The molecule has 2 rings (SSSR count). The molecular formula is C16H24IN. The maximum atomic E-state index is 3.73. The van der Waals surface area contributed by atoms with Crippen molar-refractivity contribution in [1.29, 1.82) is 0 Å². The molecule has 0 aliphatic heterocycles. The van der Waals surface area contributed by atoms with Crippen molar-refractivity contribution in [3.05, 3.63) is 33.4 Å². The zero-order chi connectivity index (χ0) is 13.0. The second kappa shape index (κ2) is 6.90. The van der Waals surface area contributed by atoms with E-state index in [0.717, 1.165) is 18.4 Å². The summed E-state index contributed by atoms with van der Waals surface area (Å²) in [5.74, 6) is 1.70. The van der Waals surface area contributed by atoms with Crippen LogP contribution in [0.4, 0.5) is 0 Å². The number of hydrogen-bond donors (Lipinski definition) is 1. The first kappa shape index (κ1) is 14.3. The minimum absolute atomic E-state index is 0.547. The van der Waals surface area contributed by atoms with Crippen LogP contribution in [0.3, 0.4) is 0 Å². The van der Waals surface area contributed by atoms with Crippen molar-refractivity contribution < 1.29 is 0 Å². The van der Waals surface area contributed by atoms with Gasteiger partial charge in [0.1, 0.15) is 0 Å². The predicted molar refractivity (Wildman–Crippen MR) is 86.7 cm³/mol. The van der Waals surface area contributed by atoms with Gasteiger partial charge in [-0.3, -0.25) is 0 Å². The fourth-order valence-corrected chi connectivity index (χ4v) is 3.98. The molecule has 1 aromatic rings. The van der Waals surface area contributed by atoms with Gasteiger partial charge < -0.3 is 5.32 Å². The molecule has 3 unspecified atom stereocenters. The van der Waals surface area contributed by atoms with Gasteiger partial charge in [0.25, 0.3) is 0 Å². The van der Waals surface area contributed by atoms with Gasteiger partial charge in [0.05, 0.1) is 0 Å². The summed E-state index contributed by atoms with van der Waals surface area (Å²) in [5, 5.41) is 3.73. The van der Waals surface area contributed by atoms with Crippen molar-refractivity contribution in [2.24, 2.45) is 11.8 Å². The van der Waals surface area contributed by atoms with E-state index in [2.05, 4.69) is 66.0 Å². The summed E-state index contributed by atoms with van der Waals surface area (Å²) >= 11 is 2.48. The average Bonchev–Trinajstić information content (AvgIpc) is 2.37. The summed E-state index contributed by atoms with van der Waals surface area (Å²) in [7, 11) is 0. The highest BCUT2D eigenvalue weighted by molar-refractivity contribution is 14.1. The number of nitrogens with one attached hydrogen (secondary N) is 1. The first-order valence-corrected chi connectivity index (χ1v) is 8.28. The molecule has 0 spiro atoms. The predicted octanol–water partition coefficient (Wildman–Crippen LogP) is 4.77. The van der Waals surface area contributed by atoms with Crippen molar-refractivity contribution in [3.8, 4) is 0 Å². The summed E-state index contributed by atoms with van der Waals surface area (Å²) in [6.45, 7) is 5.68. The van der Waals surface area contributed by atoms with Crippen LogP contribution in [0.2, 0.25) is 0 Å². The summed E-state index contributed by atoms with van der Waals surface area (Å²) in [6, 6.07) is 9.39. The number of rotatable bonds is 4. The highest BCUT2D eigenvalue weighted by atomic mass is 127. The summed E-state index contributed by atoms with van der Waals surface area (Å²) in [4.78, 5) is 0. The smallest absolute Gasteiger partial charge is 0.0359 e. The SMILES string of the molecule is CCNC(c1ccccc1I)C1CCCC(C)C1. The topological polar surface area (TPSA) is 12.0 Å². The first-order valence-electron chi connectivity index (χ1n) is 7.20. The summed E-state index contributed by atoms with van der Waals surface area (Å²) in [6.07, 6.45) is 5.58. The molecule has 1 nitrogen and oxygen atoms in total. The standard InChI is InChI=1S/C16H24IN/c1-3-18-16(13-8-6-7-12(2)11-13)14-9-4-5-10-15(14)17/h4-5,9-10,12-13,16,18H,3,6-8,11H2,1-2H3. The van der Waals surface area contributed by atoms with E-state index in [4.69, 9.17) is 0 Å². The maximum Gasteiger partial charge on any atom is 0.0359 e. The van der Waals surface area contributed by atoms with E-state index in [1.807, 2.05) is 0 Å². The van der Waals surface area contributed by atoms with Crippen LogP contribution >= 0.6 is 22.6 Å². The Morgan fingerprint density at radius 3 is 2.78 bits per heavy atom. The molecule has 1 fully saturated rings. The van der Waals surface area contributed by atoms with E-state index in [1.165, 1.54) is 34.8 Å². The van der Waals surface area contributed by atoms with Crippen LogP contribution in [-0.2, 0) is 0 Å². The minimum atomic E-state index is 0.547. The van der Waals surface area contributed by atoms with Gasteiger partial charge in [0.2, 0.25) is 0 Å². The zero-order valence-corrected chi connectivity index (χ0v) is 13.6. The molecule has 1 aliphatic carbocycles. The largest absolute Gasteiger partial charge is 0.310 e. The van der Waals surface area contributed by atoms with Crippen LogP contribution in [0.1, 0.15) is 51.1 Å². The Bertz CT molecular complexity index is 377. The lowest BCUT2D eigenvalue weighted by Gasteiger charge is -2.34. The van der Waals surface area contributed by atoms with Crippen molar-refractivity contribution in [2.45, 2.75) is 45.6 Å². The molecule has 18 heavy (non-hydrogen) atoms. The molecule has 3 atom stereocenters. The summed E-state index contributed by atoms with van der Waals surface area (Å²) in [5.41, 5.74) is 1.50. The molecule has 0 amide bonds. The maximum absolute atomic E-state index is 3.73. The molecule has 1 aromatic carbocycles. The number of benzene rings is 1. The lowest BCUT2D eigenvalue weighted by molar-refractivity contribution is 0.225. The Balaban J connectivity index is 2.19. The van der Waals surface area contributed by atoms with Crippen LogP contribution in [0.25, 0.3) is 0 Å². The fraction of sp³-hybridized carbons (Fsp3) is 0.625. The van der Waals surface area contributed by atoms with Crippen LogP contribution in [0.5, 0.6) is 0 Å². The van der Waals surface area contributed by atoms with Crippen LogP contribution in [0.15, 0.2) is 24.3 Å². The van der Waals surface area contributed by atoms with Crippen LogP contribution in [-0.4, -0.2) is 6.54 Å². The molecule has 1 N–H and O–H groups in total. The highest BCUT2D eigenvalue weighted by Gasteiger charge is 2.28. The first-order chi connectivity index (χ1) is 8.72. The fourth-order valence-electron chi connectivity index (χ4n) is 3.26. The lowest BCUT2D eigenvalue weighted by atomic mass is 9.76. The van der Waals surface area contributed by atoms with Gasteiger partial charge in [0, 0.05) is 9.61 Å². The van der Waals surface area contributed by atoms with Crippen molar-refractivity contribution in [2.75, 3.05) is 6.54 Å². The van der Waals surface area contributed by atoms with Gasteiger partial charge in [-0.1, -0.05) is 44.9 Å². The van der Waals surface area contributed by atoms with E-state index in [-0.39, 0.29) is 0 Å². The van der Waals surface area contributed by atoms with Gasteiger partial charge in [-0.25, -0.2) is 0 Å². The Morgan fingerprint density at radius 2 is 2.11 bits per heavy atom. The molecule has 0 radical (unpaired) electrons. The monoisotopic (exact) mass is 357 g/mol. The second-order valence-electron chi connectivity index (χ2n) is 5.59. The lowest BCUT2D eigenvalue weighted by Crippen LogP contribution is -2.31. The quantitative estimate of drug-likeness (QED) is 0.766. The third kappa shape index (κ3) is 3.47. The Hall–Kier alpha value is -0.0900. The molecule has 0 aromatic heterocycles. The van der Waals surface area contributed by atoms with Crippen molar-refractivity contribution in [3.63, 3.8) is 0 Å². The molecule has 0 saturated heterocycles. The molecule has 1 saturated carbocycles. The molecule has 100 valence electrons. The molecular weight excluding hydrogens is 333 g/mol. The normalized spacial score (nSPS) is 25.9. The van der Waals surface area contributed by atoms with Gasteiger partial charge >= 0.3 is 0 Å². The highest BCUT2D eigenvalue weighted by Crippen LogP contribution is 2.38. The van der Waals surface area contributed by atoms with Crippen molar-refractivity contribution >= 4 is 22.6 Å². The number of hydrogen-bond acceptors (Lipinski definition) is 1. The molecule has 0 heterocycles. The van der Waals surface area contributed by atoms with E-state index in [9.17, 15) is 0 Å². The van der Waals surface area contributed by atoms with Crippen LogP contribution < -0.4 is 5.32 Å². The Kier molecular flexibility index (Phi) is 5.49. The Labute approximate surface area is 125 Å². The molecule has 1 aliphatic rings. The van der Waals surface area contributed by atoms with Gasteiger partial charge in [-0.15, -0.1) is 0 Å². The number of halogens is 1. The minimum Gasteiger partial charge on any atom is -0.310 e. The van der Waals surface area contributed by atoms with Crippen LogP contribution in [0, 0.1) is 15.4 Å². The van der Waals surface area contributed by atoms with Gasteiger partial charge in [0.15, 0.2) is 0 Å². The summed E-state index contributed by atoms with van der Waals surface area (Å²) < 4.78 is 1.40. The molecule has 0 bridgehead atoms. The van der Waals surface area contributed by atoms with E-state index in [0.29, 0.717) is 6.04 Å². The second-order valence-corrected chi connectivity index (χ2v) is 6.75. The Morgan fingerprint density at radius 1 is 1.33 bits per heavy atom. The van der Waals surface area contributed by atoms with Crippen molar-refractivity contribution in [1.82, 2.24) is 5.32 Å². The van der Waals surface area contributed by atoms with Gasteiger partial charge in [-0.2, -0.15) is 0 Å². The van der Waals surface area contributed by atoms with E-state index in [1.54, 1.807) is 0 Å². The average molecular weight is 357 g/mol. The van der Waals surface area contributed by atoms with E-state index >= 15 is 0 Å². The molecule has 2 heteroatoms. The van der Waals surface area contributed by atoms with E-state index < -0.39 is 0 Å².